The number of carboxylic acid groups (broad SMARTS) is 1. The van der Waals surface area contributed by atoms with Gasteiger partial charge in [-0.1, -0.05) is 18.2 Å². The zero-order valence-electron chi connectivity index (χ0n) is 26.8. The average molecular weight is 691 g/mol. The average Bonchev–Trinajstić information content (AvgIpc) is 3.02. The summed E-state index contributed by atoms with van der Waals surface area (Å²) in [6.45, 7) is 3.23. The van der Waals surface area contributed by atoms with E-state index in [1.807, 2.05) is 0 Å². The number of hydrogen-bond donors (Lipinski definition) is 2. The number of benzene rings is 2. The van der Waals surface area contributed by atoms with Crippen LogP contribution in [0, 0.1) is 19.7 Å². The van der Waals surface area contributed by atoms with Crippen molar-refractivity contribution < 1.29 is 45.8 Å². The van der Waals surface area contributed by atoms with Crippen molar-refractivity contribution in [2.45, 2.75) is 51.4 Å². The lowest BCUT2D eigenvalue weighted by molar-refractivity contribution is -0.139. The number of nitrogens with zero attached hydrogens (tertiary/aromatic N) is 3. The van der Waals surface area contributed by atoms with Crippen molar-refractivity contribution in [3.63, 3.8) is 0 Å². The molecular formula is C34H32F6N4O5. The van der Waals surface area contributed by atoms with E-state index in [9.17, 15) is 41.4 Å². The first kappa shape index (κ1) is 35.4. The van der Waals surface area contributed by atoms with Gasteiger partial charge in [-0.25, -0.2) is 18.0 Å². The van der Waals surface area contributed by atoms with Crippen LogP contribution in [-0.4, -0.2) is 64.3 Å². The monoisotopic (exact) mass is 690 g/mol. The second-order valence-electron chi connectivity index (χ2n) is 12.1. The van der Waals surface area contributed by atoms with Gasteiger partial charge in [-0.15, -0.1) is 0 Å². The van der Waals surface area contributed by atoms with E-state index in [1.54, 1.807) is 6.07 Å². The van der Waals surface area contributed by atoms with E-state index in [4.69, 9.17) is 4.74 Å². The number of hydrogen-bond acceptors (Lipinski definition) is 6. The molecular weight excluding hydrogens is 658 g/mol. The van der Waals surface area contributed by atoms with Crippen LogP contribution in [0.3, 0.4) is 0 Å². The number of alkyl halides is 5. The van der Waals surface area contributed by atoms with E-state index in [0.717, 1.165) is 17.6 Å². The minimum absolute atomic E-state index is 0.0586. The van der Waals surface area contributed by atoms with Crippen molar-refractivity contribution in [3.8, 4) is 11.1 Å². The standard InChI is InChI=1S/C34H32F6N4O5/c1-17-12-20(44-10-11-49-16-26(44)33(3,36)37)14-24(35)27(17)30(45)42-25(32(47)48)13-19-7-8-22(29-21(19)6-5-9-41-29)28-18(2)23(34(38,39)40)15-43(4)31(28)46/h5-9,12,14-15,25-26H,10-11,13,16H2,1-4H3,(H,42,45)(H,47,48)/t25-,26+/m0/s1. The third kappa shape index (κ3) is 6.98. The molecule has 0 saturated carbocycles. The fourth-order valence-corrected chi connectivity index (χ4v) is 6.20. The molecule has 15 heteroatoms. The first-order valence-corrected chi connectivity index (χ1v) is 15.1. The highest BCUT2D eigenvalue weighted by atomic mass is 19.4. The zero-order valence-corrected chi connectivity index (χ0v) is 26.8. The number of aryl methyl sites for hydroxylation is 2. The second-order valence-corrected chi connectivity index (χ2v) is 12.1. The number of carboxylic acids is 1. The second kappa shape index (κ2) is 13.2. The maximum atomic E-state index is 15.5. The summed E-state index contributed by atoms with van der Waals surface area (Å²) in [7, 11) is 1.20. The molecule has 0 radical (unpaired) electrons. The van der Waals surface area contributed by atoms with E-state index in [2.05, 4.69) is 10.3 Å². The summed E-state index contributed by atoms with van der Waals surface area (Å²) in [5, 5.41) is 12.7. The molecule has 3 heterocycles. The Hall–Kier alpha value is -4.92. The van der Waals surface area contributed by atoms with Gasteiger partial charge < -0.3 is 24.6 Å². The number of aromatic nitrogens is 2. The van der Waals surface area contributed by atoms with Gasteiger partial charge in [-0.2, -0.15) is 13.2 Å². The highest BCUT2D eigenvalue weighted by molar-refractivity contribution is 5.99. The predicted molar refractivity (Wildman–Crippen MR) is 168 cm³/mol. The number of carbonyl (C=O) groups is 2. The number of aliphatic carboxylic acids is 1. The van der Waals surface area contributed by atoms with Crippen molar-refractivity contribution in [1.29, 1.82) is 0 Å². The number of morpholine rings is 1. The van der Waals surface area contributed by atoms with Gasteiger partial charge in [0, 0.05) is 56.0 Å². The van der Waals surface area contributed by atoms with E-state index in [-0.39, 0.29) is 59.6 Å². The number of pyridine rings is 2. The van der Waals surface area contributed by atoms with E-state index >= 15 is 4.39 Å². The molecule has 0 spiro atoms. The molecule has 1 aliphatic rings. The molecule has 0 aliphatic carbocycles. The van der Waals surface area contributed by atoms with Crippen LogP contribution in [0.15, 0.2) is 53.6 Å². The lowest BCUT2D eigenvalue weighted by Crippen LogP contribution is -2.54. The normalized spacial score (nSPS) is 16.1. The third-order valence-corrected chi connectivity index (χ3v) is 8.64. The maximum absolute atomic E-state index is 15.5. The Bertz CT molecular complexity index is 1980. The number of ether oxygens (including phenoxy) is 1. The number of nitrogens with one attached hydrogen (secondary N) is 1. The van der Waals surface area contributed by atoms with Gasteiger partial charge >= 0.3 is 12.1 Å². The Labute approximate surface area is 276 Å². The van der Waals surface area contributed by atoms with Gasteiger partial charge in [0.15, 0.2) is 0 Å². The van der Waals surface area contributed by atoms with Crippen LogP contribution in [0.25, 0.3) is 22.0 Å². The Morgan fingerprint density at radius 3 is 2.49 bits per heavy atom. The number of amides is 1. The molecule has 1 aliphatic heterocycles. The molecule has 1 fully saturated rings. The Morgan fingerprint density at radius 1 is 1.14 bits per heavy atom. The third-order valence-electron chi connectivity index (χ3n) is 8.64. The molecule has 2 atom stereocenters. The van der Waals surface area contributed by atoms with Crippen molar-refractivity contribution >= 4 is 28.5 Å². The molecule has 260 valence electrons. The van der Waals surface area contributed by atoms with Crippen molar-refractivity contribution in [2.75, 3.05) is 24.7 Å². The minimum atomic E-state index is -4.74. The molecule has 0 bridgehead atoms. The Balaban J connectivity index is 1.48. The lowest BCUT2D eigenvalue weighted by atomic mass is 9.92. The summed E-state index contributed by atoms with van der Waals surface area (Å²) in [5.41, 5.74) is -1.95. The maximum Gasteiger partial charge on any atom is 0.418 e. The van der Waals surface area contributed by atoms with E-state index in [1.165, 1.54) is 56.3 Å². The molecule has 2 aromatic heterocycles. The molecule has 49 heavy (non-hydrogen) atoms. The Morgan fingerprint density at radius 2 is 1.86 bits per heavy atom. The fraction of sp³-hybridized carbons (Fsp3) is 0.353. The summed E-state index contributed by atoms with van der Waals surface area (Å²) in [6, 6.07) is 5.22. The van der Waals surface area contributed by atoms with Crippen molar-refractivity contribution in [1.82, 2.24) is 14.9 Å². The number of carbonyl (C=O) groups excluding carboxylic acids is 1. The zero-order chi connectivity index (χ0) is 36.0. The van der Waals surface area contributed by atoms with Crippen LogP contribution >= 0.6 is 0 Å². The molecule has 1 amide bonds. The predicted octanol–water partition coefficient (Wildman–Crippen LogP) is 5.66. The molecule has 4 aromatic rings. The van der Waals surface area contributed by atoms with Crippen LogP contribution in [0.4, 0.5) is 32.0 Å². The van der Waals surface area contributed by atoms with Crippen molar-refractivity contribution in [2.24, 2.45) is 7.05 Å². The number of rotatable bonds is 8. The number of halogens is 6. The van der Waals surface area contributed by atoms with Crippen LogP contribution in [0.5, 0.6) is 0 Å². The fourth-order valence-electron chi connectivity index (χ4n) is 6.20. The van der Waals surface area contributed by atoms with Gasteiger partial charge in [-0.05, 0) is 48.7 Å². The quantitative estimate of drug-likeness (QED) is 0.230. The van der Waals surface area contributed by atoms with E-state index < -0.39 is 58.6 Å². The van der Waals surface area contributed by atoms with Gasteiger partial charge in [-0.3, -0.25) is 14.6 Å². The highest BCUT2D eigenvalue weighted by Crippen LogP contribution is 2.37. The summed E-state index contributed by atoms with van der Waals surface area (Å²) in [5.74, 6) is -6.74. The molecule has 5 rings (SSSR count). The van der Waals surface area contributed by atoms with Gasteiger partial charge in [0.1, 0.15) is 17.9 Å². The topological polar surface area (TPSA) is 114 Å². The van der Waals surface area contributed by atoms with Crippen LogP contribution in [0.2, 0.25) is 0 Å². The van der Waals surface area contributed by atoms with Gasteiger partial charge in [0.25, 0.3) is 17.4 Å². The molecule has 1 saturated heterocycles. The van der Waals surface area contributed by atoms with Crippen molar-refractivity contribution in [3.05, 3.63) is 92.8 Å². The first-order chi connectivity index (χ1) is 22.9. The summed E-state index contributed by atoms with van der Waals surface area (Å²) in [4.78, 5) is 44.4. The van der Waals surface area contributed by atoms with Crippen LogP contribution < -0.4 is 15.8 Å². The lowest BCUT2D eigenvalue weighted by Gasteiger charge is -2.40. The first-order valence-electron chi connectivity index (χ1n) is 15.1. The summed E-state index contributed by atoms with van der Waals surface area (Å²) < 4.78 is 91.5. The Kier molecular flexibility index (Phi) is 9.52. The molecule has 9 nitrogen and oxygen atoms in total. The number of fused-ring (bicyclic) bond motifs is 1. The van der Waals surface area contributed by atoms with Crippen LogP contribution in [-0.2, 0) is 29.2 Å². The highest BCUT2D eigenvalue weighted by Gasteiger charge is 2.41. The summed E-state index contributed by atoms with van der Waals surface area (Å²) >= 11 is 0. The van der Waals surface area contributed by atoms with E-state index in [0.29, 0.717) is 17.1 Å². The largest absolute Gasteiger partial charge is 0.480 e. The minimum Gasteiger partial charge on any atom is -0.480 e. The summed E-state index contributed by atoms with van der Waals surface area (Å²) in [6.07, 6.45) is -3.00. The number of anilines is 1. The van der Waals surface area contributed by atoms with Gasteiger partial charge in [0.2, 0.25) is 0 Å². The van der Waals surface area contributed by atoms with Crippen LogP contribution in [0.1, 0.15) is 39.5 Å². The SMILES string of the molecule is Cc1cc(N2CCOC[C@@H]2C(C)(F)F)cc(F)c1C(=O)N[C@@H](Cc1ccc(-c2c(C)c(C(F)(F)F)cn(C)c2=O)c2ncccc12)C(=O)O. The molecule has 2 aromatic carbocycles. The molecule has 0 unspecified atom stereocenters. The smallest absolute Gasteiger partial charge is 0.418 e. The molecule has 2 N–H and O–H groups in total. The van der Waals surface area contributed by atoms with Gasteiger partial charge in [0.05, 0.1) is 35.4 Å².